The second kappa shape index (κ2) is 11.9. The second-order valence-corrected chi connectivity index (χ2v) is 1.78. The zero-order valence-corrected chi connectivity index (χ0v) is 6.95. The zero-order valence-electron chi connectivity index (χ0n) is 6.95. The van der Waals surface area contributed by atoms with E-state index < -0.39 is 5.09 Å². The number of aliphatic hydroxyl groups is 1. The third-order valence-electron chi connectivity index (χ3n) is 0.788. The molecule has 11 heavy (non-hydrogen) atoms. The molecule has 0 fully saturated rings. The van der Waals surface area contributed by atoms with Crippen molar-refractivity contribution in [2.75, 3.05) is 13.2 Å². The second-order valence-electron chi connectivity index (χ2n) is 1.78. The largest absolute Gasteiger partial charge is 0.394 e. The molecule has 0 atom stereocenters. The molecule has 0 unspecified atom stereocenters. The van der Waals surface area contributed by atoms with Crippen molar-refractivity contribution < 1.29 is 15.0 Å². The molecule has 5 nitrogen and oxygen atoms in total. The molecule has 0 bridgehead atoms. The first-order valence-corrected chi connectivity index (χ1v) is 3.57. The molecular weight excluding hydrogens is 150 g/mol. The molecule has 68 valence electrons. The molecule has 5 heteroatoms. The Morgan fingerprint density at radius 3 is 2.00 bits per heavy atom. The quantitative estimate of drug-likeness (QED) is 0.498. The van der Waals surface area contributed by atoms with Crippen LogP contribution in [0.1, 0.15) is 26.7 Å². The number of hydrogen-bond donors (Lipinski definition) is 1. The van der Waals surface area contributed by atoms with E-state index in [4.69, 9.17) is 5.11 Å². The van der Waals surface area contributed by atoms with Crippen LogP contribution >= 0.6 is 0 Å². The smallest absolute Gasteiger partial charge is 0.294 e. The van der Waals surface area contributed by atoms with Crippen LogP contribution in [0.3, 0.4) is 0 Å². The van der Waals surface area contributed by atoms with Gasteiger partial charge in [0.15, 0.2) is 0 Å². The Labute approximate surface area is 66.1 Å². The van der Waals surface area contributed by atoms with Crippen LogP contribution in [0.5, 0.6) is 0 Å². The molecule has 0 aliphatic carbocycles. The van der Waals surface area contributed by atoms with Gasteiger partial charge in [-0.25, -0.2) is 0 Å². The van der Waals surface area contributed by atoms with Crippen molar-refractivity contribution in [3.8, 4) is 0 Å². The summed E-state index contributed by atoms with van der Waals surface area (Å²) in [7, 11) is 0. The molecule has 0 saturated carbocycles. The zero-order chi connectivity index (χ0) is 9.11. The number of rotatable bonds is 4. The van der Waals surface area contributed by atoms with Crippen molar-refractivity contribution >= 4 is 0 Å². The van der Waals surface area contributed by atoms with Gasteiger partial charge < -0.3 is 9.94 Å². The van der Waals surface area contributed by atoms with Crippen molar-refractivity contribution in [3.63, 3.8) is 0 Å². The summed E-state index contributed by atoms with van der Waals surface area (Å²) in [6.07, 6.45) is 2.64. The molecule has 1 N–H and O–H groups in total. The first-order valence-electron chi connectivity index (χ1n) is 3.57. The lowest BCUT2D eigenvalue weighted by molar-refractivity contribution is -0.758. The van der Waals surface area contributed by atoms with Crippen molar-refractivity contribution in [3.05, 3.63) is 10.1 Å². The average molecular weight is 165 g/mol. The fourth-order valence-corrected chi connectivity index (χ4v) is 0.115. The molecule has 0 saturated heterocycles. The van der Waals surface area contributed by atoms with E-state index in [0.717, 1.165) is 0 Å². The summed E-state index contributed by atoms with van der Waals surface area (Å²) in [5.74, 6) is 0. The lowest BCUT2D eigenvalue weighted by Crippen LogP contribution is -2.04. The summed E-state index contributed by atoms with van der Waals surface area (Å²) in [6.45, 7) is 3.80. The number of hydrogen-bond acceptors (Lipinski definition) is 4. The maximum atomic E-state index is 9.23. The predicted molar refractivity (Wildman–Crippen MR) is 40.6 cm³/mol. The van der Waals surface area contributed by atoms with Gasteiger partial charge in [0.05, 0.1) is 6.61 Å². The van der Waals surface area contributed by atoms with E-state index in [9.17, 15) is 10.1 Å². The van der Waals surface area contributed by atoms with Crippen molar-refractivity contribution in [2.45, 2.75) is 26.7 Å². The average Bonchev–Trinajstić information content (AvgIpc) is 2.01. The van der Waals surface area contributed by atoms with Gasteiger partial charge in [0.1, 0.15) is 6.61 Å². The van der Waals surface area contributed by atoms with E-state index in [1.807, 2.05) is 0 Å². The van der Waals surface area contributed by atoms with Gasteiger partial charge >= 0.3 is 0 Å². The molecule has 0 aromatic heterocycles. The minimum Gasteiger partial charge on any atom is -0.394 e. The Morgan fingerprint density at radius 1 is 1.45 bits per heavy atom. The molecule has 0 aromatic carbocycles. The molecule has 0 aliphatic rings. The van der Waals surface area contributed by atoms with Gasteiger partial charge in [-0.15, -0.1) is 10.1 Å². The SMILES string of the molecule is CCCC.O=[N+]([O-])OCCO. The predicted octanol–water partition coefficient (Wildman–Crippen LogP) is 0.993. The van der Waals surface area contributed by atoms with Crippen LogP contribution in [-0.4, -0.2) is 23.4 Å². The summed E-state index contributed by atoms with van der Waals surface area (Å²) >= 11 is 0. The molecular formula is C6H15NO4. The minimum absolute atomic E-state index is 0.243. The Kier molecular flexibility index (Phi) is 13.8. The van der Waals surface area contributed by atoms with E-state index in [-0.39, 0.29) is 13.2 Å². The lowest BCUT2D eigenvalue weighted by atomic mass is 10.4. The summed E-state index contributed by atoms with van der Waals surface area (Å²) in [6, 6.07) is 0. The highest BCUT2D eigenvalue weighted by Crippen LogP contribution is 1.76. The standard InChI is InChI=1S/C4H10.C2H5NO4/c1-3-4-2;4-1-2-7-3(5)6/h3-4H2,1-2H3;4H,1-2H2. The van der Waals surface area contributed by atoms with Crippen LogP contribution in [0.15, 0.2) is 0 Å². The van der Waals surface area contributed by atoms with Gasteiger partial charge in [0.25, 0.3) is 5.09 Å². The Morgan fingerprint density at radius 2 is 1.91 bits per heavy atom. The van der Waals surface area contributed by atoms with Crippen molar-refractivity contribution in [1.29, 1.82) is 0 Å². The third kappa shape index (κ3) is 27.1. The third-order valence-corrected chi connectivity index (χ3v) is 0.788. The fourth-order valence-electron chi connectivity index (χ4n) is 0.115. The first kappa shape index (κ1) is 12.8. The molecule has 0 rings (SSSR count). The van der Waals surface area contributed by atoms with Crippen LogP contribution in [-0.2, 0) is 4.84 Å². The highest BCUT2D eigenvalue weighted by molar-refractivity contribution is 4.12. The molecule has 0 radical (unpaired) electrons. The van der Waals surface area contributed by atoms with E-state index in [0.29, 0.717) is 0 Å². The van der Waals surface area contributed by atoms with Crippen molar-refractivity contribution in [2.24, 2.45) is 0 Å². The first-order chi connectivity index (χ1) is 5.18. The maximum absolute atomic E-state index is 9.23. The van der Waals surface area contributed by atoms with Gasteiger partial charge in [0.2, 0.25) is 0 Å². The van der Waals surface area contributed by atoms with Crippen LogP contribution in [0.25, 0.3) is 0 Å². The van der Waals surface area contributed by atoms with E-state index in [1.54, 1.807) is 0 Å². The van der Waals surface area contributed by atoms with Gasteiger partial charge in [-0.2, -0.15) is 0 Å². The van der Waals surface area contributed by atoms with Gasteiger partial charge in [-0.05, 0) is 0 Å². The van der Waals surface area contributed by atoms with Gasteiger partial charge in [0, 0.05) is 0 Å². The van der Waals surface area contributed by atoms with Gasteiger partial charge in [-0.1, -0.05) is 26.7 Å². The molecule has 0 spiro atoms. The van der Waals surface area contributed by atoms with E-state index >= 15 is 0 Å². The lowest BCUT2D eigenvalue weighted by Gasteiger charge is -1.88. The fraction of sp³-hybridized carbons (Fsp3) is 1.00. The van der Waals surface area contributed by atoms with Crippen LogP contribution in [0.4, 0.5) is 0 Å². The Hall–Kier alpha value is -0.840. The number of nitrogens with zero attached hydrogens (tertiary/aromatic N) is 1. The highest BCUT2D eigenvalue weighted by atomic mass is 16.9. The van der Waals surface area contributed by atoms with Gasteiger partial charge in [-0.3, -0.25) is 0 Å². The summed E-state index contributed by atoms with van der Waals surface area (Å²) < 4.78 is 0. The normalized spacial score (nSPS) is 7.91. The minimum atomic E-state index is -0.948. The van der Waals surface area contributed by atoms with Crippen molar-refractivity contribution in [1.82, 2.24) is 0 Å². The molecule has 0 heterocycles. The van der Waals surface area contributed by atoms with E-state index in [2.05, 4.69) is 18.7 Å². The molecule has 0 amide bonds. The summed E-state index contributed by atoms with van der Waals surface area (Å²) in [5.41, 5.74) is 0. The summed E-state index contributed by atoms with van der Waals surface area (Å²) in [4.78, 5) is 12.9. The number of aliphatic hydroxyl groups excluding tert-OH is 1. The highest BCUT2D eigenvalue weighted by Gasteiger charge is 1.88. The van der Waals surface area contributed by atoms with Crippen LogP contribution in [0, 0.1) is 10.1 Å². The van der Waals surface area contributed by atoms with E-state index in [1.165, 1.54) is 12.8 Å². The maximum Gasteiger partial charge on any atom is 0.294 e. The van der Waals surface area contributed by atoms with Crippen LogP contribution < -0.4 is 0 Å². The molecule has 0 aliphatic heterocycles. The number of unbranched alkanes of at least 4 members (excludes halogenated alkanes) is 1. The Bertz CT molecular complexity index is 84.7. The topological polar surface area (TPSA) is 72.6 Å². The Balaban J connectivity index is 0. The monoisotopic (exact) mass is 165 g/mol. The summed E-state index contributed by atoms with van der Waals surface area (Å²) in [5, 5.41) is 16.2. The molecule has 0 aromatic rings. The van der Waals surface area contributed by atoms with Crippen LogP contribution in [0.2, 0.25) is 0 Å².